The van der Waals surface area contributed by atoms with E-state index in [1.807, 2.05) is 0 Å². The summed E-state index contributed by atoms with van der Waals surface area (Å²) >= 11 is 1.38. The maximum Gasteiger partial charge on any atom is 0.410 e. The molecule has 1 unspecified atom stereocenters. The summed E-state index contributed by atoms with van der Waals surface area (Å²) in [6.07, 6.45) is 0.904. The molecule has 0 spiro atoms. The Kier molecular flexibility index (Phi) is 7.14. The van der Waals surface area contributed by atoms with Crippen LogP contribution < -0.4 is 15.8 Å². The Morgan fingerprint density at radius 2 is 1.93 bits per heavy atom. The number of hydrazine groups is 1. The number of hydrogen-bond donors (Lipinski definition) is 2. The van der Waals surface area contributed by atoms with Gasteiger partial charge in [0.25, 0.3) is 5.91 Å². The van der Waals surface area contributed by atoms with Crippen molar-refractivity contribution in [2.45, 2.75) is 39.2 Å². The number of piperidine rings is 1. The number of rotatable bonds is 3. The molecule has 1 atom stereocenters. The third-order valence-corrected chi connectivity index (χ3v) is 5.65. The third kappa shape index (κ3) is 6.05. The summed E-state index contributed by atoms with van der Waals surface area (Å²) in [5, 5.41) is 2.42. The second-order valence-electron chi connectivity index (χ2n) is 8.32. The lowest BCUT2D eigenvalue weighted by Crippen LogP contribution is -2.50. The average Bonchev–Trinajstić information content (AvgIpc) is 3.22. The summed E-state index contributed by atoms with van der Waals surface area (Å²) in [6.45, 7) is 8.97. The second kappa shape index (κ2) is 9.61. The monoisotopic (exact) mass is 439 g/mol. The van der Waals surface area contributed by atoms with Crippen LogP contribution in [0.2, 0.25) is 0 Å². The maximum absolute atomic E-state index is 12.5. The smallest absolute Gasteiger partial charge is 0.410 e. The first-order valence-corrected chi connectivity index (χ1v) is 11.0. The van der Waals surface area contributed by atoms with E-state index in [0.717, 1.165) is 18.2 Å². The topological polar surface area (TPSA) is 113 Å². The molecule has 2 fully saturated rings. The molecule has 2 saturated heterocycles. The molecule has 2 aliphatic heterocycles. The zero-order valence-electron chi connectivity index (χ0n) is 17.6. The standard InChI is InChI=1S/C19H29N5O5S/c1-19(2,3)29-18(27)24-6-4-5-13(11-24)15(25)21-22-16(26)14-12-30-17(20-14)23-7-9-28-10-8-23/h12-13H,4-11H2,1-3H3,(H,21,25)(H,22,26). The van der Waals surface area contributed by atoms with E-state index in [0.29, 0.717) is 32.6 Å². The summed E-state index contributed by atoms with van der Waals surface area (Å²) in [5.74, 6) is -1.22. The van der Waals surface area contributed by atoms with Crippen LogP contribution in [0.5, 0.6) is 0 Å². The molecule has 1 aromatic rings. The van der Waals surface area contributed by atoms with E-state index in [1.54, 1.807) is 26.2 Å². The number of anilines is 1. The molecular weight excluding hydrogens is 410 g/mol. The molecule has 0 bridgehead atoms. The van der Waals surface area contributed by atoms with E-state index >= 15 is 0 Å². The normalized spacial score (nSPS) is 19.9. The fourth-order valence-electron chi connectivity index (χ4n) is 3.24. The van der Waals surface area contributed by atoms with E-state index in [2.05, 4.69) is 20.7 Å². The Bertz CT molecular complexity index is 772. The van der Waals surface area contributed by atoms with Crippen LogP contribution >= 0.6 is 11.3 Å². The Hall–Kier alpha value is -2.40. The minimum absolute atomic E-state index is 0.251. The van der Waals surface area contributed by atoms with E-state index < -0.39 is 23.5 Å². The molecule has 2 N–H and O–H groups in total. The summed E-state index contributed by atoms with van der Waals surface area (Å²) in [6, 6.07) is 0. The van der Waals surface area contributed by atoms with Crippen molar-refractivity contribution in [3.8, 4) is 0 Å². The van der Waals surface area contributed by atoms with Gasteiger partial charge in [0.05, 0.1) is 19.1 Å². The quantitative estimate of drug-likeness (QED) is 0.684. The van der Waals surface area contributed by atoms with Gasteiger partial charge in [-0.2, -0.15) is 0 Å². The number of nitrogens with zero attached hydrogens (tertiary/aromatic N) is 3. The van der Waals surface area contributed by atoms with Crippen molar-refractivity contribution < 1.29 is 23.9 Å². The van der Waals surface area contributed by atoms with Crippen molar-refractivity contribution in [3.05, 3.63) is 11.1 Å². The molecule has 30 heavy (non-hydrogen) atoms. The molecule has 1 aromatic heterocycles. The second-order valence-corrected chi connectivity index (χ2v) is 9.16. The zero-order valence-corrected chi connectivity index (χ0v) is 18.4. The van der Waals surface area contributed by atoms with Gasteiger partial charge in [0, 0.05) is 31.6 Å². The number of carbonyl (C=O) groups is 3. The van der Waals surface area contributed by atoms with Gasteiger partial charge in [-0.1, -0.05) is 0 Å². The highest BCUT2D eigenvalue weighted by Crippen LogP contribution is 2.22. The van der Waals surface area contributed by atoms with Crippen molar-refractivity contribution in [2.75, 3.05) is 44.3 Å². The molecule has 3 amide bonds. The van der Waals surface area contributed by atoms with Gasteiger partial charge < -0.3 is 19.3 Å². The Morgan fingerprint density at radius 3 is 2.63 bits per heavy atom. The number of aromatic nitrogens is 1. The number of morpholine rings is 1. The van der Waals surface area contributed by atoms with Crippen molar-refractivity contribution >= 4 is 34.4 Å². The number of amides is 3. The van der Waals surface area contributed by atoms with Gasteiger partial charge in [0.2, 0.25) is 5.91 Å². The van der Waals surface area contributed by atoms with Gasteiger partial charge in [-0.25, -0.2) is 9.78 Å². The maximum atomic E-state index is 12.5. The van der Waals surface area contributed by atoms with Crippen molar-refractivity contribution in [1.29, 1.82) is 0 Å². The summed E-state index contributed by atoms with van der Waals surface area (Å²) in [7, 11) is 0. The highest BCUT2D eigenvalue weighted by Gasteiger charge is 2.31. The fourth-order valence-corrected chi connectivity index (χ4v) is 4.10. The van der Waals surface area contributed by atoms with Crippen molar-refractivity contribution in [1.82, 2.24) is 20.7 Å². The van der Waals surface area contributed by atoms with Crippen LogP contribution in [-0.4, -0.2) is 72.8 Å². The molecule has 2 aliphatic rings. The predicted molar refractivity (Wildman–Crippen MR) is 111 cm³/mol. The Labute approximate surface area is 179 Å². The molecule has 0 aromatic carbocycles. The Balaban J connectivity index is 1.48. The van der Waals surface area contributed by atoms with E-state index in [4.69, 9.17) is 9.47 Å². The number of ether oxygens (including phenoxy) is 2. The van der Waals surface area contributed by atoms with Gasteiger partial charge in [-0.15, -0.1) is 11.3 Å². The van der Waals surface area contributed by atoms with Crippen LogP contribution in [0.15, 0.2) is 5.38 Å². The minimum Gasteiger partial charge on any atom is -0.444 e. The van der Waals surface area contributed by atoms with Crippen LogP contribution in [0, 0.1) is 5.92 Å². The van der Waals surface area contributed by atoms with Gasteiger partial charge in [0.1, 0.15) is 11.3 Å². The molecule has 10 nitrogen and oxygen atoms in total. The first-order chi connectivity index (χ1) is 14.2. The third-order valence-electron chi connectivity index (χ3n) is 4.75. The fraction of sp³-hybridized carbons (Fsp3) is 0.684. The van der Waals surface area contributed by atoms with Gasteiger partial charge in [0.15, 0.2) is 5.13 Å². The molecular formula is C19H29N5O5S. The SMILES string of the molecule is CC(C)(C)OC(=O)N1CCCC(C(=O)NNC(=O)c2csc(N3CCOCC3)n2)C1. The lowest BCUT2D eigenvalue weighted by molar-refractivity contribution is -0.127. The van der Waals surface area contributed by atoms with Crippen molar-refractivity contribution in [2.24, 2.45) is 5.92 Å². The van der Waals surface area contributed by atoms with Crippen LogP contribution in [0.4, 0.5) is 9.93 Å². The minimum atomic E-state index is -0.589. The van der Waals surface area contributed by atoms with Crippen LogP contribution in [-0.2, 0) is 14.3 Å². The Morgan fingerprint density at radius 1 is 1.20 bits per heavy atom. The number of thiazole rings is 1. The predicted octanol–water partition coefficient (Wildman–Crippen LogP) is 1.39. The van der Waals surface area contributed by atoms with Crippen LogP contribution in [0.1, 0.15) is 44.1 Å². The molecule has 0 aliphatic carbocycles. The lowest BCUT2D eigenvalue weighted by Gasteiger charge is -2.33. The highest BCUT2D eigenvalue weighted by molar-refractivity contribution is 7.13. The summed E-state index contributed by atoms with van der Waals surface area (Å²) < 4.78 is 10.7. The number of carbonyl (C=O) groups excluding carboxylic acids is 3. The zero-order chi connectivity index (χ0) is 21.7. The lowest BCUT2D eigenvalue weighted by atomic mass is 9.98. The number of likely N-dealkylation sites (tertiary alicyclic amines) is 1. The highest BCUT2D eigenvalue weighted by atomic mass is 32.1. The summed E-state index contributed by atoms with van der Waals surface area (Å²) in [4.78, 5) is 45.0. The number of nitrogens with one attached hydrogen (secondary N) is 2. The van der Waals surface area contributed by atoms with Gasteiger partial charge in [-0.05, 0) is 33.6 Å². The molecule has 166 valence electrons. The van der Waals surface area contributed by atoms with Crippen LogP contribution in [0.25, 0.3) is 0 Å². The van der Waals surface area contributed by atoms with E-state index in [-0.39, 0.29) is 18.1 Å². The summed E-state index contributed by atoms with van der Waals surface area (Å²) in [5.41, 5.74) is 4.54. The van der Waals surface area contributed by atoms with Gasteiger partial charge in [-0.3, -0.25) is 20.4 Å². The first kappa shape index (κ1) is 22.3. The molecule has 11 heteroatoms. The number of hydrogen-bond acceptors (Lipinski definition) is 8. The largest absolute Gasteiger partial charge is 0.444 e. The first-order valence-electron chi connectivity index (χ1n) is 10.1. The van der Waals surface area contributed by atoms with Crippen molar-refractivity contribution in [3.63, 3.8) is 0 Å². The molecule has 0 saturated carbocycles. The van der Waals surface area contributed by atoms with E-state index in [1.165, 1.54) is 16.2 Å². The average molecular weight is 440 g/mol. The molecule has 3 heterocycles. The van der Waals surface area contributed by atoms with E-state index in [9.17, 15) is 14.4 Å². The van der Waals surface area contributed by atoms with Crippen LogP contribution in [0.3, 0.4) is 0 Å². The molecule has 3 rings (SSSR count). The molecule has 0 radical (unpaired) electrons. The van der Waals surface area contributed by atoms with Gasteiger partial charge >= 0.3 is 6.09 Å².